The maximum Gasteiger partial charge on any atom is 0.408 e. The summed E-state index contributed by atoms with van der Waals surface area (Å²) in [6.45, 7) is 8.01. The zero-order chi connectivity index (χ0) is 44.0. The fraction of sp³-hybridized carbons (Fsp3) is 0.286. The Morgan fingerprint density at radius 3 is 1.92 bits per heavy atom. The minimum atomic E-state index is -4.30. The van der Waals surface area contributed by atoms with E-state index < -0.39 is 77.6 Å². The van der Waals surface area contributed by atoms with Gasteiger partial charge in [-0.15, -0.1) is 0 Å². The first-order chi connectivity index (χ1) is 28.2. The van der Waals surface area contributed by atoms with Gasteiger partial charge in [0.05, 0.1) is 18.3 Å². The Hall–Kier alpha value is -5.85. The first kappa shape index (κ1) is 45.2. The van der Waals surface area contributed by atoms with E-state index in [-0.39, 0.29) is 21.9 Å². The molecule has 3 amide bonds. The molecule has 318 valence electrons. The van der Waals surface area contributed by atoms with Crippen molar-refractivity contribution >= 4 is 59.3 Å². The Kier molecular flexibility index (Phi) is 14.0. The van der Waals surface area contributed by atoms with Gasteiger partial charge in [-0.3, -0.25) is 19.2 Å². The number of benzene rings is 4. The number of nitrogens with zero attached hydrogens (tertiary/aromatic N) is 1. The number of nitrogens with one attached hydrogen (secondary N) is 3. The highest BCUT2D eigenvalue weighted by molar-refractivity contribution is 8.72. The standard InChI is InChI=1S/C42H46N4O11S3/c1-26-21-23-32(24-22-26)60(53,54)58-39-34(43-37(47)33(44-41(50)57-42(3,4)5)30-19-14-20-31(25-30)45-59(7,51)52)38(48)46(39)35(27(2)55-6)40(49)56-36(28-15-10-8-11-16-28)29-17-12-9-13-18-29/h8-25,33-34,36,39,45H,1-7H3,(H,43,47)(H,44,50)/b35-27+. The van der Waals surface area contributed by atoms with Gasteiger partial charge in [0.2, 0.25) is 24.8 Å². The second-order valence-corrected chi connectivity index (χ2v) is 20.4. The highest BCUT2D eigenvalue weighted by atomic mass is 33.1. The number of rotatable bonds is 15. The number of amides is 3. The van der Waals surface area contributed by atoms with Crippen molar-refractivity contribution in [2.45, 2.75) is 68.7 Å². The molecule has 60 heavy (non-hydrogen) atoms. The molecule has 0 aliphatic carbocycles. The van der Waals surface area contributed by atoms with Crippen LogP contribution in [0.1, 0.15) is 62.1 Å². The van der Waals surface area contributed by atoms with Crippen LogP contribution in [0.25, 0.3) is 0 Å². The van der Waals surface area contributed by atoms with E-state index in [4.69, 9.17) is 14.2 Å². The zero-order valence-electron chi connectivity index (χ0n) is 33.9. The maximum absolute atomic E-state index is 14.4. The molecular weight excluding hydrogens is 833 g/mol. The van der Waals surface area contributed by atoms with Crippen LogP contribution in [0.5, 0.6) is 0 Å². The maximum atomic E-state index is 14.4. The van der Waals surface area contributed by atoms with E-state index in [1.54, 1.807) is 100 Å². The Morgan fingerprint density at radius 1 is 0.817 bits per heavy atom. The lowest BCUT2D eigenvalue weighted by Gasteiger charge is -2.46. The molecule has 0 bridgehead atoms. The minimum Gasteiger partial charge on any atom is -0.499 e. The van der Waals surface area contributed by atoms with Crippen molar-refractivity contribution in [3.63, 3.8) is 0 Å². The van der Waals surface area contributed by atoms with E-state index in [1.807, 2.05) is 0 Å². The van der Waals surface area contributed by atoms with E-state index in [0.717, 1.165) is 16.7 Å². The van der Waals surface area contributed by atoms with Crippen LogP contribution in [0.4, 0.5) is 10.5 Å². The average Bonchev–Trinajstić information content (AvgIpc) is 3.18. The van der Waals surface area contributed by atoms with E-state index in [9.17, 15) is 36.0 Å². The van der Waals surface area contributed by atoms with Crippen molar-refractivity contribution in [2.24, 2.45) is 0 Å². The topological polar surface area (TPSA) is 204 Å². The number of likely N-dealkylation sites (tertiary alicyclic amines) is 1. The summed E-state index contributed by atoms with van der Waals surface area (Å²) in [7, 11) is -6.47. The molecule has 1 aliphatic heterocycles. The van der Waals surface area contributed by atoms with Crippen molar-refractivity contribution in [2.75, 3.05) is 18.1 Å². The Labute approximate surface area is 353 Å². The number of carbonyl (C=O) groups is 4. The fourth-order valence-corrected chi connectivity index (χ4v) is 10.1. The number of allylic oxidation sites excluding steroid dienone is 1. The van der Waals surface area contributed by atoms with E-state index in [0.29, 0.717) is 21.9 Å². The highest BCUT2D eigenvalue weighted by Gasteiger charge is 2.55. The number of β-lactam (4-membered cyclic amide) rings is 1. The van der Waals surface area contributed by atoms with Crippen LogP contribution in [-0.4, -0.2) is 76.0 Å². The van der Waals surface area contributed by atoms with Gasteiger partial charge in [0.1, 0.15) is 28.8 Å². The highest BCUT2D eigenvalue weighted by Crippen LogP contribution is 2.41. The van der Waals surface area contributed by atoms with Crippen molar-refractivity contribution in [1.82, 2.24) is 15.5 Å². The Morgan fingerprint density at radius 2 is 1.38 bits per heavy atom. The summed E-state index contributed by atoms with van der Waals surface area (Å²) in [6.07, 6.45) is -1.04. The third kappa shape index (κ3) is 11.5. The fourth-order valence-electron chi connectivity index (χ4n) is 6.04. The molecule has 1 saturated heterocycles. The molecule has 3 atom stereocenters. The SMILES string of the molecule is CO/C(C)=C(\C(=O)OC(c1ccccc1)c1ccccc1)N1C(=O)C(NC(=O)C(NC(=O)OC(C)(C)C)c2cccc(NS(C)(=O)=O)c2)C1SS(=O)(=O)c1ccc(C)cc1. The van der Waals surface area contributed by atoms with Crippen LogP contribution in [0.3, 0.4) is 0 Å². The first-order valence-electron chi connectivity index (χ1n) is 18.4. The van der Waals surface area contributed by atoms with Gasteiger partial charge in [0, 0.05) is 16.5 Å². The lowest BCUT2D eigenvalue weighted by molar-refractivity contribution is -0.155. The summed E-state index contributed by atoms with van der Waals surface area (Å²) in [4.78, 5) is 56.9. The summed E-state index contributed by atoms with van der Waals surface area (Å²) in [5.74, 6) is -3.00. The second-order valence-electron chi connectivity index (χ2n) is 14.7. The molecular formula is C42H46N4O11S3. The average molecular weight is 879 g/mol. The lowest BCUT2D eigenvalue weighted by Crippen LogP contribution is -2.70. The summed E-state index contributed by atoms with van der Waals surface area (Å²) >= 11 is 0. The summed E-state index contributed by atoms with van der Waals surface area (Å²) in [5, 5.41) is 3.55. The first-order valence-corrected chi connectivity index (χ1v) is 23.2. The molecule has 5 rings (SSSR count). The summed E-state index contributed by atoms with van der Waals surface area (Å²) in [5.41, 5.74) is 0.757. The Bertz CT molecular complexity index is 2440. The van der Waals surface area contributed by atoms with Crippen molar-refractivity contribution in [3.05, 3.63) is 143 Å². The molecule has 18 heteroatoms. The largest absolute Gasteiger partial charge is 0.499 e. The van der Waals surface area contributed by atoms with Crippen LogP contribution in [0.2, 0.25) is 0 Å². The van der Waals surface area contributed by atoms with Gasteiger partial charge in [-0.25, -0.2) is 26.4 Å². The molecule has 4 aromatic carbocycles. The zero-order valence-corrected chi connectivity index (χ0v) is 36.3. The molecule has 0 saturated carbocycles. The molecule has 0 aromatic heterocycles. The third-order valence-corrected chi connectivity index (χ3v) is 13.1. The third-order valence-electron chi connectivity index (χ3n) is 8.83. The van der Waals surface area contributed by atoms with Crippen molar-refractivity contribution in [3.8, 4) is 0 Å². The van der Waals surface area contributed by atoms with E-state index in [2.05, 4.69) is 15.4 Å². The molecule has 15 nitrogen and oxygen atoms in total. The van der Waals surface area contributed by atoms with Crippen molar-refractivity contribution < 1.29 is 50.2 Å². The quantitative estimate of drug-likeness (QED) is 0.0419. The number of carbonyl (C=O) groups excluding carboxylic acids is 4. The number of hydrogen-bond donors (Lipinski definition) is 3. The molecule has 1 aliphatic rings. The number of alkyl carbamates (subject to hydrolysis) is 1. The smallest absolute Gasteiger partial charge is 0.408 e. The van der Waals surface area contributed by atoms with Crippen LogP contribution >= 0.6 is 10.8 Å². The van der Waals surface area contributed by atoms with Crippen LogP contribution in [-0.2, 0) is 47.5 Å². The minimum absolute atomic E-state index is 0.0648. The van der Waals surface area contributed by atoms with Gasteiger partial charge in [0.15, 0.2) is 11.8 Å². The number of sulfonamides is 1. The van der Waals surface area contributed by atoms with Crippen LogP contribution in [0.15, 0.2) is 126 Å². The molecule has 0 radical (unpaired) electrons. The number of methoxy groups -OCH3 is 1. The van der Waals surface area contributed by atoms with Crippen LogP contribution < -0.4 is 15.4 Å². The predicted molar refractivity (Wildman–Crippen MR) is 226 cm³/mol. The summed E-state index contributed by atoms with van der Waals surface area (Å²) < 4.78 is 71.4. The summed E-state index contributed by atoms with van der Waals surface area (Å²) in [6, 6.07) is 26.1. The number of ether oxygens (including phenoxy) is 3. The van der Waals surface area contributed by atoms with Gasteiger partial charge in [-0.2, -0.15) is 0 Å². The van der Waals surface area contributed by atoms with Crippen molar-refractivity contribution in [1.29, 1.82) is 0 Å². The number of aryl methyl sites for hydroxylation is 1. The molecule has 3 unspecified atom stereocenters. The monoisotopic (exact) mass is 878 g/mol. The predicted octanol–water partition coefficient (Wildman–Crippen LogP) is 5.92. The molecule has 1 fully saturated rings. The van der Waals surface area contributed by atoms with E-state index in [1.165, 1.54) is 50.4 Å². The van der Waals surface area contributed by atoms with Crippen LogP contribution in [0, 0.1) is 6.92 Å². The van der Waals surface area contributed by atoms with Gasteiger partial charge in [-0.05, 0) is 75.6 Å². The van der Waals surface area contributed by atoms with Gasteiger partial charge >= 0.3 is 12.1 Å². The van der Waals surface area contributed by atoms with E-state index >= 15 is 0 Å². The van der Waals surface area contributed by atoms with Gasteiger partial charge in [-0.1, -0.05) is 90.5 Å². The second kappa shape index (κ2) is 18.6. The molecule has 3 N–H and O–H groups in total. The number of esters is 1. The van der Waals surface area contributed by atoms with Gasteiger partial charge in [0.25, 0.3) is 5.91 Å². The molecule has 4 aromatic rings. The number of anilines is 1. The number of hydrogen-bond acceptors (Lipinski definition) is 12. The Balaban J connectivity index is 1.55. The normalized spacial score (nSPS) is 16.5. The lowest BCUT2D eigenvalue weighted by atomic mass is 10.0. The molecule has 1 heterocycles. The molecule has 0 spiro atoms. The van der Waals surface area contributed by atoms with Gasteiger partial charge < -0.3 is 24.8 Å².